The molecule has 1 aliphatic carbocycles. The lowest BCUT2D eigenvalue weighted by Gasteiger charge is -2.40. The van der Waals surface area contributed by atoms with Crippen molar-refractivity contribution >= 4 is 0 Å². The third-order valence-electron chi connectivity index (χ3n) is 7.28. The van der Waals surface area contributed by atoms with Crippen LogP contribution in [0.4, 0.5) is 0 Å². The van der Waals surface area contributed by atoms with Gasteiger partial charge in [0.15, 0.2) is 0 Å². The van der Waals surface area contributed by atoms with E-state index < -0.39 is 6.10 Å². The highest BCUT2D eigenvalue weighted by atomic mass is 16.5. The number of piperazine rings is 1. The number of benzene rings is 3. The molecule has 2 aliphatic rings. The second-order valence-corrected chi connectivity index (χ2v) is 9.63. The fourth-order valence-electron chi connectivity index (χ4n) is 5.55. The van der Waals surface area contributed by atoms with E-state index in [2.05, 4.69) is 94.7 Å². The highest BCUT2D eigenvalue weighted by Crippen LogP contribution is 2.32. The first kappa shape index (κ1) is 23.3. The van der Waals surface area contributed by atoms with E-state index in [1.54, 1.807) is 0 Å². The van der Waals surface area contributed by atoms with E-state index in [1.165, 1.54) is 22.3 Å². The maximum atomic E-state index is 10.7. The average Bonchev–Trinajstić information content (AvgIpc) is 2.90. The third kappa shape index (κ3) is 5.59. The average molecular weight is 457 g/mol. The number of fused-ring (bicyclic) bond motifs is 1. The number of aliphatic hydroxyl groups excluding tert-OH is 1. The number of nitrogens with zero attached hydrogens (tertiary/aromatic N) is 2. The van der Waals surface area contributed by atoms with Gasteiger partial charge in [0.05, 0.1) is 24.9 Å². The predicted molar refractivity (Wildman–Crippen MR) is 137 cm³/mol. The van der Waals surface area contributed by atoms with Crippen LogP contribution in [-0.4, -0.2) is 60.3 Å². The quantitative estimate of drug-likeness (QED) is 0.526. The van der Waals surface area contributed by atoms with E-state index in [-0.39, 0.29) is 12.1 Å². The van der Waals surface area contributed by atoms with Crippen LogP contribution in [0.3, 0.4) is 0 Å². The summed E-state index contributed by atoms with van der Waals surface area (Å²) in [6.07, 6.45) is 3.00. The van der Waals surface area contributed by atoms with Gasteiger partial charge in [-0.3, -0.25) is 9.80 Å². The van der Waals surface area contributed by atoms with Gasteiger partial charge in [0.2, 0.25) is 0 Å². The molecule has 3 aromatic carbocycles. The number of β-amino-alcohol motifs (C(OH)–C–C–N with tert-alkyl or cyclic N) is 1. The second-order valence-electron chi connectivity index (χ2n) is 9.63. The molecule has 4 heteroatoms. The van der Waals surface area contributed by atoms with Gasteiger partial charge < -0.3 is 9.84 Å². The standard InChI is InChI=1S/C30H36N2O2/c33-27(23-34-29-17-9-15-24-10-7-8-16-28(24)29)22-31-18-20-32(21-19-31)30(25-11-3-1-4-12-25)26-13-5-2-6-14-26/h1-8,10-14,16,27,29-30,33H,9,15,17-23H2/t27-,29-/m1/s1. The molecule has 0 amide bonds. The SMILES string of the molecule is O[C@@H](CO[C@@H]1CCCc2ccccc21)CN1CCN(C(c2ccccc2)c2ccccc2)CC1. The number of hydrogen-bond donors (Lipinski definition) is 1. The number of rotatable bonds is 8. The summed E-state index contributed by atoms with van der Waals surface area (Å²) in [6, 6.07) is 30.5. The zero-order chi connectivity index (χ0) is 23.2. The first-order valence-electron chi connectivity index (χ1n) is 12.7. The monoisotopic (exact) mass is 456 g/mol. The molecule has 1 aliphatic heterocycles. The van der Waals surface area contributed by atoms with Crippen molar-refractivity contribution in [2.75, 3.05) is 39.3 Å². The van der Waals surface area contributed by atoms with Gasteiger partial charge in [0.1, 0.15) is 0 Å². The first-order valence-corrected chi connectivity index (χ1v) is 12.7. The maximum Gasteiger partial charge on any atom is 0.0900 e. The second kappa shape index (κ2) is 11.3. The van der Waals surface area contributed by atoms with Crippen LogP contribution in [0.5, 0.6) is 0 Å². The van der Waals surface area contributed by atoms with Gasteiger partial charge in [0.25, 0.3) is 0 Å². The lowest BCUT2D eigenvalue weighted by Crippen LogP contribution is -2.50. The first-order chi connectivity index (χ1) is 16.8. The molecule has 1 fully saturated rings. The molecule has 4 nitrogen and oxygen atoms in total. The van der Waals surface area contributed by atoms with Gasteiger partial charge in [0, 0.05) is 32.7 Å². The minimum atomic E-state index is -0.459. The van der Waals surface area contributed by atoms with Gasteiger partial charge in [-0.05, 0) is 41.5 Å². The Kier molecular flexibility index (Phi) is 7.72. The van der Waals surface area contributed by atoms with Crippen molar-refractivity contribution in [3.8, 4) is 0 Å². The fraction of sp³-hybridized carbons (Fsp3) is 0.400. The molecule has 1 saturated heterocycles. The molecule has 0 unspecified atom stereocenters. The number of hydrogen-bond acceptors (Lipinski definition) is 4. The van der Waals surface area contributed by atoms with Gasteiger partial charge >= 0.3 is 0 Å². The van der Waals surface area contributed by atoms with Crippen molar-refractivity contribution in [3.05, 3.63) is 107 Å². The van der Waals surface area contributed by atoms with E-state index >= 15 is 0 Å². The third-order valence-corrected chi connectivity index (χ3v) is 7.28. The molecule has 1 N–H and O–H groups in total. The molecule has 0 spiro atoms. The molecule has 0 radical (unpaired) electrons. The van der Waals surface area contributed by atoms with Gasteiger partial charge in [-0.25, -0.2) is 0 Å². The van der Waals surface area contributed by atoms with Crippen LogP contribution in [-0.2, 0) is 11.2 Å². The minimum Gasteiger partial charge on any atom is -0.389 e. The summed E-state index contributed by atoms with van der Waals surface area (Å²) in [5.41, 5.74) is 5.38. The summed E-state index contributed by atoms with van der Waals surface area (Å²) in [5.74, 6) is 0. The molecule has 0 saturated carbocycles. The normalized spacial score (nSPS) is 20.2. The van der Waals surface area contributed by atoms with Crippen LogP contribution in [0.1, 0.15) is 47.2 Å². The minimum absolute atomic E-state index is 0.119. The predicted octanol–water partition coefficient (Wildman–Crippen LogP) is 4.85. The molecular formula is C30H36N2O2. The Bertz CT molecular complexity index is 979. The van der Waals surface area contributed by atoms with Crippen molar-refractivity contribution in [2.24, 2.45) is 0 Å². The number of aliphatic hydroxyl groups is 1. The zero-order valence-electron chi connectivity index (χ0n) is 19.9. The Labute approximate surface area is 203 Å². The molecule has 1 heterocycles. The van der Waals surface area contributed by atoms with Crippen LogP contribution >= 0.6 is 0 Å². The fourth-order valence-corrected chi connectivity index (χ4v) is 5.55. The molecule has 2 atom stereocenters. The number of ether oxygens (including phenoxy) is 1. The van der Waals surface area contributed by atoms with E-state index in [0.717, 1.165) is 45.4 Å². The van der Waals surface area contributed by atoms with Gasteiger partial charge in [-0.1, -0.05) is 84.9 Å². The van der Waals surface area contributed by atoms with Crippen molar-refractivity contribution in [2.45, 2.75) is 37.5 Å². The molecular weight excluding hydrogens is 420 g/mol. The maximum absolute atomic E-state index is 10.7. The van der Waals surface area contributed by atoms with Crippen molar-refractivity contribution in [1.82, 2.24) is 9.80 Å². The molecule has 5 rings (SSSR count). The largest absolute Gasteiger partial charge is 0.389 e. The Balaban J connectivity index is 1.14. The molecule has 34 heavy (non-hydrogen) atoms. The Morgan fingerprint density at radius 2 is 1.41 bits per heavy atom. The van der Waals surface area contributed by atoms with Gasteiger partial charge in [-0.2, -0.15) is 0 Å². The summed E-state index contributed by atoms with van der Waals surface area (Å²) in [7, 11) is 0. The van der Waals surface area contributed by atoms with Crippen LogP contribution in [0.25, 0.3) is 0 Å². The van der Waals surface area contributed by atoms with Gasteiger partial charge in [-0.15, -0.1) is 0 Å². The van der Waals surface area contributed by atoms with Crippen LogP contribution < -0.4 is 0 Å². The van der Waals surface area contributed by atoms with E-state index in [1.807, 2.05) is 0 Å². The summed E-state index contributed by atoms with van der Waals surface area (Å²) in [4.78, 5) is 4.95. The lowest BCUT2D eigenvalue weighted by molar-refractivity contribution is -0.0331. The summed E-state index contributed by atoms with van der Waals surface area (Å²) in [6.45, 7) is 4.95. The molecule has 3 aromatic rings. The van der Waals surface area contributed by atoms with Crippen molar-refractivity contribution in [3.63, 3.8) is 0 Å². The Morgan fingerprint density at radius 1 is 0.794 bits per heavy atom. The summed E-state index contributed by atoms with van der Waals surface area (Å²) >= 11 is 0. The summed E-state index contributed by atoms with van der Waals surface area (Å²) in [5, 5.41) is 10.7. The molecule has 178 valence electrons. The van der Waals surface area contributed by atoms with Crippen molar-refractivity contribution in [1.29, 1.82) is 0 Å². The highest BCUT2D eigenvalue weighted by molar-refractivity contribution is 5.32. The van der Waals surface area contributed by atoms with E-state index in [9.17, 15) is 5.11 Å². The zero-order valence-corrected chi connectivity index (χ0v) is 19.9. The van der Waals surface area contributed by atoms with Crippen LogP contribution in [0.2, 0.25) is 0 Å². The molecule has 0 aromatic heterocycles. The lowest BCUT2D eigenvalue weighted by atomic mass is 9.89. The van der Waals surface area contributed by atoms with Crippen molar-refractivity contribution < 1.29 is 9.84 Å². The van der Waals surface area contributed by atoms with E-state index in [4.69, 9.17) is 4.74 Å². The van der Waals surface area contributed by atoms with E-state index in [0.29, 0.717) is 13.2 Å². The number of aryl methyl sites for hydroxylation is 1. The smallest absolute Gasteiger partial charge is 0.0900 e. The highest BCUT2D eigenvalue weighted by Gasteiger charge is 2.27. The van der Waals surface area contributed by atoms with Crippen LogP contribution in [0, 0.1) is 0 Å². The Hall–Kier alpha value is -2.50. The molecule has 0 bridgehead atoms. The Morgan fingerprint density at radius 3 is 2.09 bits per heavy atom. The summed E-state index contributed by atoms with van der Waals surface area (Å²) < 4.78 is 6.20. The topological polar surface area (TPSA) is 35.9 Å². The van der Waals surface area contributed by atoms with Crippen LogP contribution in [0.15, 0.2) is 84.9 Å².